The average molecular weight is 312 g/mol. The monoisotopic (exact) mass is 312 g/mol. The molecule has 22 heavy (non-hydrogen) atoms. The lowest BCUT2D eigenvalue weighted by atomic mass is 9.79. The highest BCUT2D eigenvalue weighted by molar-refractivity contribution is 5.86. The number of carbonyl (C=O) groups is 2. The maximum Gasteiger partial charge on any atom is 0.305 e. The average Bonchev–Trinajstić information content (AvgIpc) is 2.67. The minimum atomic E-state index is -1.12. The molecule has 0 radical (unpaired) electrons. The molecule has 1 aliphatic carbocycles. The third-order valence-corrected chi connectivity index (χ3v) is 4.57. The van der Waals surface area contributed by atoms with Crippen molar-refractivity contribution in [3.63, 3.8) is 0 Å². The van der Waals surface area contributed by atoms with Crippen LogP contribution in [0, 0.1) is 17.3 Å². The van der Waals surface area contributed by atoms with Crippen LogP contribution < -0.4 is 11.1 Å². The fourth-order valence-electron chi connectivity index (χ4n) is 3.15. The molecule has 4 atom stereocenters. The number of amides is 1. The lowest BCUT2D eigenvalue weighted by Gasteiger charge is -2.27. The van der Waals surface area contributed by atoms with E-state index in [2.05, 4.69) is 32.2 Å². The van der Waals surface area contributed by atoms with Gasteiger partial charge in [-0.2, -0.15) is 0 Å². The van der Waals surface area contributed by atoms with Gasteiger partial charge in [0, 0.05) is 0 Å². The number of nitrogens with one attached hydrogen (secondary N) is 1. The Kier molecular flexibility index (Phi) is 6.56. The highest BCUT2D eigenvalue weighted by Gasteiger charge is 2.37. The van der Waals surface area contributed by atoms with Crippen LogP contribution in [-0.4, -0.2) is 40.8 Å². The van der Waals surface area contributed by atoms with Crippen LogP contribution in [0.2, 0.25) is 0 Å². The molecule has 0 heterocycles. The Morgan fingerprint density at radius 1 is 1.45 bits per heavy atom. The highest BCUT2D eigenvalue weighted by atomic mass is 16.4. The molecule has 0 aromatic rings. The first kappa shape index (κ1) is 18.6. The van der Waals surface area contributed by atoms with Gasteiger partial charge in [-0.05, 0) is 30.1 Å². The van der Waals surface area contributed by atoms with E-state index in [4.69, 9.17) is 10.8 Å². The number of hydrogen-bond donors (Lipinski definition) is 4. The van der Waals surface area contributed by atoms with Gasteiger partial charge in [0.25, 0.3) is 0 Å². The van der Waals surface area contributed by atoms with Crippen molar-refractivity contribution in [2.45, 2.75) is 52.1 Å². The number of aliphatic carboxylic acids is 1. The second-order valence-electron chi connectivity index (χ2n) is 6.92. The normalized spacial score (nSPS) is 26.8. The summed E-state index contributed by atoms with van der Waals surface area (Å²) in [6.45, 7) is 6.41. The quantitative estimate of drug-likeness (QED) is 0.522. The van der Waals surface area contributed by atoms with Crippen LogP contribution in [0.15, 0.2) is 12.2 Å². The predicted octanol–water partition coefficient (Wildman–Crippen LogP) is 0.894. The Morgan fingerprint density at radius 2 is 2.09 bits per heavy atom. The summed E-state index contributed by atoms with van der Waals surface area (Å²) in [5.41, 5.74) is 5.71. The van der Waals surface area contributed by atoms with Gasteiger partial charge >= 0.3 is 5.97 Å². The molecule has 1 saturated carbocycles. The predicted molar refractivity (Wildman–Crippen MR) is 84.1 cm³/mol. The van der Waals surface area contributed by atoms with Crippen LogP contribution in [0.4, 0.5) is 0 Å². The zero-order valence-corrected chi connectivity index (χ0v) is 13.6. The molecular formula is C16H28N2O4. The Morgan fingerprint density at radius 3 is 2.55 bits per heavy atom. The van der Waals surface area contributed by atoms with Gasteiger partial charge in [0.15, 0.2) is 0 Å². The van der Waals surface area contributed by atoms with Crippen LogP contribution in [0.5, 0.6) is 0 Å². The third-order valence-electron chi connectivity index (χ3n) is 4.57. The summed E-state index contributed by atoms with van der Waals surface area (Å²) in [6, 6.07) is -1.65. The number of aliphatic hydroxyl groups excluding tert-OH is 1. The smallest absolute Gasteiger partial charge is 0.305 e. The van der Waals surface area contributed by atoms with Gasteiger partial charge in [0.05, 0.1) is 25.1 Å². The van der Waals surface area contributed by atoms with Crippen molar-refractivity contribution in [2.24, 2.45) is 23.0 Å². The molecule has 0 bridgehead atoms. The fraction of sp³-hybridized carbons (Fsp3) is 0.750. The lowest BCUT2D eigenvalue weighted by molar-refractivity contribution is -0.139. The van der Waals surface area contributed by atoms with Crippen molar-refractivity contribution in [1.29, 1.82) is 0 Å². The number of aliphatic hydroxyl groups is 1. The summed E-state index contributed by atoms with van der Waals surface area (Å²) in [6.07, 6.45) is 5.74. The van der Waals surface area contributed by atoms with E-state index in [1.807, 2.05) is 0 Å². The van der Waals surface area contributed by atoms with Crippen molar-refractivity contribution >= 4 is 11.9 Å². The van der Waals surface area contributed by atoms with Crippen molar-refractivity contribution in [1.82, 2.24) is 5.32 Å². The van der Waals surface area contributed by atoms with Crippen molar-refractivity contribution in [3.05, 3.63) is 12.2 Å². The zero-order valence-electron chi connectivity index (χ0n) is 13.6. The van der Waals surface area contributed by atoms with Crippen LogP contribution in [0.1, 0.15) is 40.0 Å². The first-order chi connectivity index (χ1) is 10.2. The third kappa shape index (κ3) is 5.10. The Hall–Kier alpha value is -1.40. The van der Waals surface area contributed by atoms with E-state index in [9.17, 15) is 14.7 Å². The van der Waals surface area contributed by atoms with Crippen molar-refractivity contribution < 1.29 is 19.8 Å². The van der Waals surface area contributed by atoms with E-state index in [-0.39, 0.29) is 12.0 Å². The molecule has 3 unspecified atom stereocenters. The number of carboxylic acids is 1. The Balaban J connectivity index is 2.63. The molecule has 1 amide bonds. The molecule has 1 rings (SSSR count). The summed E-state index contributed by atoms with van der Waals surface area (Å²) in [4.78, 5) is 22.3. The molecule has 0 aromatic heterocycles. The maximum absolute atomic E-state index is 11.8. The van der Waals surface area contributed by atoms with Crippen LogP contribution in [0.3, 0.4) is 0 Å². The van der Waals surface area contributed by atoms with E-state index < -0.39 is 30.4 Å². The summed E-state index contributed by atoms with van der Waals surface area (Å²) in [5, 5.41) is 20.6. The molecule has 1 aliphatic rings. The summed E-state index contributed by atoms with van der Waals surface area (Å²) < 4.78 is 0. The first-order valence-corrected chi connectivity index (χ1v) is 7.74. The van der Waals surface area contributed by atoms with Gasteiger partial charge in [0.1, 0.15) is 0 Å². The molecular weight excluding hydrogens is 284 g/mol. The number of rotatable bonds is 7. The van der Waals surface area contributed by atoms with E-state index in [0.29, 0.717) is 11.8 Å². The van der Waals surface area contributed by atoms with E-state index in [1.54, 1.807) is 6.08 Å². The highest BCUT2D eigenvalue weighted by Crippen LogP contribution is 2.46. The van der Waals surface area contributed by atoms with Crippen molar-refractivity contribution in [3.8, 4) is 0 Å². The Bertz CT molecular complexity index is 434. The maximum atomic E-state index is 11.8. The molecule has 1 fully saturated rings. The molecule has 6 heteroatoms. The second-order valence-corrected chi connectivity index (χ2v) is 6.92. The Labute approximate surface area is 131 Å². The van der Waals surface area contributed by atoms with Crippen LogP contribution in [-0.2, 0) is 9.59 Å². The SMILES string of the molecule is CC1CCC(C)(C)C1C=CC(CO)NC(=O)[C@@H](N)CC(=O)O. The number of carboxylic acid groups (broad SMARTS) is 1. The fourth-order valence-corrected chi connectivity index (χ4v) is 3.15. The minimum Gasteiger partial charge on any atom is -0.481 e. The van der Waals surface area contributed by atoms with Gasteiger partial charge in [-0.15, -0.1) is 0 Å². The number of nitrogens with two attached hydrogens (primary N) is 1. The standard InChI is InChI=1S/C16H28N2O4/c1-10-6-7-16(2,3)12(10)5-4-11(9-19)18-15(22)13(17)8-14(20)21/h4-5,10-13,19H,6-9,17H2,1-3H3,(H,18,22)(H,20,21)/t10?,11?,12?,13-/m0/s1. The topological polar surface area (TPSA) is 113 Å². The van der Waals surface area contributed by atoms with Gasteiger partial charge in [-0.25, -0.2) is 0 Å². The molecule has 0 aromatic carbocycles. The van der Waals surface area contributed by atoms with Crippen molar-refractivity contribution in [2.75, 3.05) is 6.61 Å². The number of hydrogen-bond acceptors (Lipinski definition) is 4. The van der Waals surface area contributed by atoms with E-state index in [1.165, 1.54) is 6.42 Å². The molecule has 126 valence electrons. The van der Waals surface area contributed by atoms with Gasteiger partial charge in [-0.3, -0.25) is 9.59 Å². The zero-order chi connectivity index (χ0) is 16.9. The summed E-state index contributed by atoms with van der Waals surface area (Å²) >= 11 is 0. The van der Waals surface area contributed by atoms with E-state index in [0.717, 1.165) is 6.42 Å². The molecule has 6 nitrogen and oxygen atoms in total. The number of carbonyl (C=O) groups excluding carboxylic acids is 1. The molecule has 0 aliphatic heterocycles. The van der Waals surface area contributed by atoms with Crippen LogP contribution in [0.25, 0.3) is 0 Å². The van der Waals surface area contributed by atoms with Gasteiger partial charge in [-0.1, -0.05) is 32.9 Å². The van der Waals surface area contributed by atoms with Gasteiger partial charge < -0.3 is 21.3 Å². The first-order valence-electron chi connectivity index (χ1n) is 7.74. The minimum absolute atomic E-state index is 0.208. The van der Waals surface area contributed by atoms with Crippen LogP contribution >= 0.6 is 0 Å². The molecule has 0 saturated heterocycles. The lowest BCUT2D eigenvalue weighted by Crippen LogP contribution is -2.47. The molecule has 0 spiro atoms. The summed E-state index contributed by atoms with van der Waals surface area (Å²) in [7, 11) is 0. The van der Waals surface area contributed by atoms with Gasteiger partial charge in [0.2, 0.25) is 5.91 Å². The summed E-state index contributed by atoms with van der Waals surface area (Å²) in [5.74, 6) is -0.730. The largest absolute Gasteiger partial charge is 0.481 e. The number of allylic oxidation sites excluding steroid dienone is 1. The van der Waals surface area contributed by atoms with E-state index >= 15 is 0 Å². The second kappa shape index (κ2) is 7.74. The molecule has 5 N–H and O–H groups in total.